The summed E-state index contributed by atoms with van der Waals surface area (Å²) in [6, 6.07) is 6.38. The van der Waals surface area contributed by atoms with Crippen molar-refractivity contribution < 1.29 is 0 Å². The predicted octanol–water partition coefficient (Wildman–Crippen LogP) is 3.27. The first-order chi connectivity index (χ1) is 7.33. The van der Waals surface area contributed by atoms with Crippen LogP contribution in [-0.2, 0) is 0 Å². The summed E-state index contributed by atoms with van der Waals surface area (Å²) in [6.45, 7) is 0. The number of nitrogens with zero attached hydrogens (tertiary/aromatic N) is 1. The molecule has 1 aromatic heterocycles. The number of nitrogen functional groups attached to an aromatic ring is 1. The third kappa shape index (κ3) is 1.75. The molecule has 0 bridgehead atoms. The Balaban J connectivity index is 2.07. The lowest BCUT2D eigenvalue weighted by molar-refractivity contribution is 1.13. The number of rotatable bonds is 2. The summed E-state index contributed by atoms with van der Waals surface area (Å²) in [5.41, 5.74) is 11.2. The van der Waals surface area contributed by atoms with Crippen LogP contribution in [0.3, 0.4) is 0 Å². The number of anilines is 1. The Bertz CT molecular complexity index is 472. The zero-order valence-electron chi connectivity index (χ0n) is 8.31. The average molecular weight is 216 g/mol. The minimum Gasteiger partial charge on any atom is -0.399 e. The summed E-state index contributed by atoms with van der Waals surface area (Å²) in [6.07, 6.45) is 4.52. The molecule has 0 unspecified atom stereocenters. The molecule has 0 radical (unpaired) electrons. The Kier molecular flexibility index (Phi) is 1.99. The summed E-state index contributed by atoms with van der Waals surface area (Å²) in [7, 11) is 0. The SMILES string of the molecule is Nc1cc(-c2cncs2)cc(C2CC2)c1. The summed E-state index contributed by atoms with van der Waals surface area (Å²) in [4.78, 5) is 5.29. The van der Waals surface area contributed by atoms with Crippen LogP contribution in [0, 0.1) is 0 Å². The van der Waals surface area contributed by atoms with Gasteiger partial charge < -0.3 is 5.73 Å². The summed E-state index contributed by atoms with van der Waals surface area (Å²) >= 11 is 1.66. The minimum absolute atomic E-state index is 0.750. The highest BCUT2D eigenvalue weighted by atomic mass is 32.1. The Labute approximate surface area is 92.8 Å². The first-order valence-electron chi connectivity index (χ1n) is 5.12. The first-order valence-corrected chi connectivity index (χ1v) is 6.00. The van der Waals surface area contributed by atoms with Crippen molar-refractivity contribution in [1.29, 1.82) is 0 Å². The van der Waals surface area contributed by atoms with Crippen LogP contribution >= 0.6 is 11.3 Å². The maximum atomic E-state index is 5.92. The van der Waals surface area contributed by atoms with Gasteiger partial charge in [-0.3, -0.25) is 4.98 Å². The van der Waals surface area contributed by atoms with Crippen LogP contribution < -0.4 is 5.73 Å². The van der Waals surface area contributed by atoms with Crippen LogP contribution in [0.1, 0.15) is 24.3 Å². The number of nitrogens with two attached hydrogens (primary N) is 1. The standard InChI is InChI=1S/C12H12N2S/c13-11-4-9(8-1-2-8)3-10(5-11)12-6-14-7-15-12/h3-8H,1-2,13H2. The van der Waals surface area contributed by atoms with Gasteiger partial charge in [-0.1, -0.05) is 0 Å². The smallest absolute Gasteiger partial charge is 0.0797 e. The van der Waals surface area contributed by atoms with E-state index in [2.05, 4.69) is 17.1 Å². The van der Waals surface area contributed by atoms with E-state index in [1.54, 1.807) is 11.3 Å². The molecular weight excluding hydrogens is 204 g/mol. The maximum Gasteiger partial charge on any atom is 0.0797 e. The number of hydrogen-bond donors (Lipinski definition) is 1. The van der Waals surface area contributed by atoms with E-state index in [4.69, 9.17) is 5.73 Å². The largest absolute Gasteiger partial charge is 0.399 e. The average Bonchev–Trinajstić information content (AvgIpc) is 2.93. The molecule has 2 aromatic rings. The van der Waals surface area contributed by atoms with E-state index in [1.807, 2.05) is 17.8 Å². The fourth-order valence-corrected chi connectivity index (χ4v) is 2.44. The van der Waals surface area contributed by atoms with E-state index >= 15 is 0 Å². The van der Waals surface area contributed by atoms with Crippen LogP contribution in [0.25, 0.3) is 10.4 Å². The number of thiazole rings is 1. The molecule has 2 N–H and O–H groups in total. The summed E-state index contributed by atoms with van der Waals surface area (Å²) < 4.78 is 0. The predicted molar refractivity (Wildman–Crippen MR) is 63.9 cm³/mol. The zero-order chi connectivity index (χ0) is 10.3. The van der Waals surface area contributed by atoms with E-state index in [9.17, 15) is 0 Å². The van der Waals surface area contributed by atoms with E-state index in [0.29, 0.717) is 0 Å². The fourth-order valence-electron chi connectivity index (χ4n) is 1.83. The van der Waals surface area contributed by atoms with E-state index in [0.717, 1.165) is 11.6 Å². The van der Waals surface area contributed by atoms with E-state index < -0.39 is 0 Å². The van der Waals surface area contributed by atoms with Gasteiger partial charge >= 0.3 is 0 Å². The maximum absolute atomic E-state index is 5.92. The Morgan fingerprint density at radius 1 is 1.27 bits per heavy atom. The molecule has 3 rings (SSSR count). The Morgan fingerprint density at radius 3 is 2.80 bits per heavy atom. The van der Waals surface area contributed by atoms with Crippen LogP contribution in [0.15, 0.2) is 29.9 Å². The minimum atomic E-state index is 0.750. The molecule has 0 spiro atoms. The summed E-state index contributed by atoms with van der Waals surface area (Å²) in [5, 5.41) is 0. The van der Waals surface area contributed by atoms with Crippen molar-refractivity contribution in [3.8, 4) is 10.4 Å². The van der Waals surface area contributed by atoms with Gasteiger partial charge in [0.2, 0.25) is 0 Å². The van der Waals surface area contributed by atoms with Gasteiger partial charge in [0.05, 0.1) is 10.4 Å². The van der Waals surface area contributed by atoms with Gasteiger partial charge in [-0.2, -0.15) is 0 Å². The highest BCUT2D eigenvalue weighted by Gasteiger charge is 2.24. The molecule has 1 heterocycles. The molecule has 0 atom stereocenters. The van der Waals surface area contributed by atoms with Crippen LogP contribution in [-0.4, -0.2) is 4.98 Å². The molecule has 1 aromatic carbocycles. The van der Waals surface area contributed by atoms with Crippen LogP contribution in [0.4, 0.5) is 5.69 Å². The van der Waals surface area contributed by atoms with Crippen LogP contribution in [0.5, 0.6) is 0 Å². The van der Waals surface area contributed by atoms with Crippen molar-refractivity contribution in [1.82, 2.24) is 4.98 Å². The molecule has 1 saturated carbocycles. The second kappa shape index (κ2) is 3.35. The van der Waals surface area contributed by atoms with Gasteiger partial charge in [-0.25, -0.2) is 0 Å². The lowest BCUT2D eigenvalue weighted by atomic mass is 10.1. The number of benzene rings is 1. The number of hydrogen-bond acceptors (Lipinski definition) is 3. The topological polar surface area (TPSA) is 38.9 Å². The number of aromatic nitrogens is 1. The highest BCUT2D eigenvalue weighted by molar-refractivity contribution is 7.13. The quantitative estimate of drug-likeness (QED) is 0.782. The molecule has 15 heavy (non-hydrogen) atoms. The first kappa shape index (κ1) is 8.92. The van der Waals surface area contributed by atoms with Crippen molar-refractivity contribution in [2.45, 2.75) is 18.8 Å². The van der Waals surface area contributed by atoms with Crippen LogP contribution in [0.2, 0.25) is 0 Å². The highest BCUT2D eigenvalue weighted by Crippen LogP contribution is 2.42. The monoisotopic (exact) mass is 216 g/mol. The second-order valence-electron chi connectivity index (χ2n) is 4.03. The van der Waals surface area contributed by atoms with Gasteiger partial charge in [0.1, 0.15) is 0 Å². The second-order valence-corrected chi connectivity index (χ2v) is 4.91. The molecule has 0 saturated heterocycles. The van der Waals surface area contributed by atoms with Crippen molar-refractivity contribution in [3.63, 3.8) is 0 Å². The van der Waals surface area contributed by atoms with Crippen molar-refractivity contribution >= 4 is 17.0 Å². The van der Waals surface area contributed by atoms with Gasteiger partial charge in [0, 0.05) is 11.9 Å². The molecular formula is C12H12N2S. The molecule has 1 aliphatic rings. The Morgan fingerprint density at radius 2 is 2.13 bits per heavy atom. The normalized spacial score (nSPS) is 15.5. The van der Waals surface area contributed by atoms with Crippen molar-refractivity contribution in [2.75, 3.05) is 5.73 Å². The van der Waals surface area contributed by atoms with Crippen molar-refractivity contribution in [3.05, 3.63) is 35.5 Å². The van der Waals surface area contributed by atoms with Gasteiger partial charge in [-0.15, -0.1) is 11.3 Å². The Hall–Kier alpha value is -1.35. The molecule has 3 heteroatoms. The van der Waals surface area contributed by atoms with Gasteiger partial charge in [0.15, 0.2) is 0 Å². The third-order valence-corrected chi connectivity index (χ3v) is 3.57. The van der Waals surface area contributed by atoms with E-state index in [-0.39, 0.29) is 0 Å². The van der Waals surface area contributed by atoms with Gasteiger partial charge in [0.25, 0.3) is 0 Å². The summed E-state index contributed by atoms with van der Waals surface area (Å²) in [5.74, 6) is 0.750. The molecule has 76 valence electrons. The van der Waals surface area contributed by atoms with Crippen molar-refractivity contribution in [2.24, 2.45) is 0 Å². The molecule has 1 fully saturated rings. The van der Waals surface area contributed by atoms with E-state index in [1.165, 1.54) is 28.8 Å². The molecule has 2 nitrogen and oxygen atoms in total. The van der Waals surface area contributed by atoms with Gasteiger partial charge in [-0.05, 0) is 48.1 Å². The fraction of sp³-hybridized carbons (Fsp3) is 0.250. The lowest BCUT2D eigenvalue weighted by Crippen LogP contribution is -1.89. The molecule has 0 aliphatic heterocycles. The molecule has 1 aliphatic carbocycles. The lowest BCUT2D eigenvalue weighted by Gasteiger charge is -2.04. The third-order valence-electron chi connectivity index (χ3n) is 2.74. The molecule has 0 amide bonds. The zero-order valence-corrected chi connectivity index (χ0v) is 9.13.